The van der Waals surface area contributed by atoms with Crippen molar-refractivity contribution in [1.29, 1.82) is 0 Å². The molecule has 0 fully saturated rings. The number of hydrogen-bond donors (Lipinski definition) is 1. The molecule has 204 valence electrons. The van der Waals surface area contributed by atoms with E-state index in [1.54, 1.807) is 12.1 Å². The average molecular weight is 537 g/mol. The van der Waals surface area contributed by atoms with E-state index in [9.17, 15) is 27.9 Å². The molecule has 3 aromatic rings. The lowest BCUT2D eigenvalue weighted by atomic mass is 9.97. The number of ether oxygens (including phenoxy) is 3. The van der Waals surface area contributed by atoms with Gasteiger partial charge in [-0.15, -0.1) is 13.2 Å². The molecule has 1 aliphatic carbocycles. The number of allylic oxidation sites excluding steroid dienone is 2. The Labute approximate surface area is 214 Å². The Hall–Kier alpha value is -3.91. The third-order valence-corrected chi connectivity index (χ3v) is 6.07. The third-order valence-electron chi connectivity index (χ3n) is 6.07. The number of aromatic nitrogens is 5. The van der Waals surface area contributed by atoms with Crippen molar-refractivity contribution < 1.29 is 32.5 Å². The molecule has 0 saturated heterocycles. The van der Waals surface area contributed by atoms with E-state index in [4.69, 9.17) is 9.47 Å². The van der Waals surface area contributed by atoms with E-state index < -0.39 is 29.6 Å². The molecule has 11 nitrogen and oxygen atoms in total. The number of methoxy groups -OCH3 is 1. The SMILES string of the molecule is COc1ccc(Cn2c(OC3=CC=CC(OC(F)(F)F)C3C)nc3c2c(=O)n(CCCO)c(=O)n3C)cn1. The van der Waals surface area contributed by atoms with Crippen LogP contribution in [0.15, 0.2) is 51.9 Å². The van der Waals surface area contributed by atoms with Crippen LogP contribution in [0.1, 0.15) is 18.9 Å². The molecule has 14 heteroatoms. The van der Waals surface area contributed by atoms with Gasteiger partial charge in [-0.3, -0.25) is 23.2 Å². The number of nitrogens with zero attached hydrogens (tertiary/aromatic N) is 5. The lowest BCUT2D eigenvalue weighted by molar-refractivity contribution is -0.340. The van der Waals surface area contributed by atoms with E-state index in [1.165, 1.54) is 54.6 Å². The van der Waals surface area contributed by atoms with E-state index in [-0.39, 0.29) is 49.1 Å². The number of aliphatic hydroxyl groups excluding tert-OH is 1. The van der Waals surface area contributed by atoms with Gasteiger partial charge in [-0.25, -0.2) is 9.78 Å². The van der Waals surface area contributed by atoms with Crippen LogP contribution < -0.4 is 20.7 Å². The zero-order valence-electron chi connectivity index (χ0n) is 20.8. The van der Waals surface area contributed by atoms with Gasteiger partial charge in [0.2, 0.25) is 5.88 Å². The van der Waals surface area contributed by atoms with Crippen molar-refractivity contribution in [2.24, 2.45) is 13.0 Å². The summed E-state index contributed by atoms with van der Waals surface area (Å²) in [6, 6.07) is 3.23. The Balaban J connectivity index is 1.83. The second kappa shape index (κ2) is 10.8. The van der Waals surface area contributed by atoms with E-state index in [2.05, 4.69) is 14.7 Å². The fourth-order valence-electron chi connectivity index (χ4n) is 4.08. The van der Waals surface area contributed by atoms with Gasteiger partial charge < -0.3 is 14.6 Å². The summed E-state index contributed by atoms with van der Waals surface area (Å²) in [6.07, 6.45) is -0.351. The summed E-state index contributed by atoms with van der Waals surface area (Å²) in [5.41, 5.74) is -0.582. The molecule has 0 amide bonds. The molecule has 38 heavy (non-hydrogen) atoms. The molecular weight excluding hydrogens is 511 g/mol. The van der Waals surface area contributed by atoms with E-state index in [0.29, 0.717) is 11.4 Å². The fourth-order valence-corrected chi connectivity index (χ4v) is 4.08. The number of fused-ring (bicyclic) bond motifs is 1. The number of hydrogen-bond acceptors (Lipinski definition) is 8. The molecule has 0 spiro atoms. The largest absolute Gasteiger partial charge is 0.523 e. The maximum Gasteiger partial charge on any atom is 0.523 e. The first kappa shape index (κ1) is 27.1. The first-order valence-electron chi connectivity index (χ1n) is 11.6. The van der Waals surface area contributed by atoms with Gasteiger partial charge in [0.15, 0.2) is 11.2 Å². The van der Waals surface area contributed by atoms with Gasteiger partial charge in [-0.2, -0.15) is 4.98 Å². The lowest BCUT2D eigenvalue weighted by Gasteiger charge is -2.26. The Kier molecular flexibility index (Phi) is 7.73. The van der Waals surface area contributed by atoms with Crippen molar-refractivity contribution in [3.63, 3.8) is 0 Å². The van der Waals surface area contributed by atoms with Gasteiger partial charge in [0, 0.05) is 38.4 Å². The van der Waals surface area contributed by atoms with Crippen molar-refractivity contribution >= 4 is 11.2 Å². The minimum absolute atomic E-state index is 0.0210. The quantitative estimate of drug-likeness (QED) is 0.441. The summed E-state index contributed by atoms with van der Waals surface area (Å²) >= 11 is 0. The van der Waals surface area contributed by atoms with Gasteiger partial charge in [0.05, 0.1) is 19.8 Å². The molecule has 0 radical (unpaired) electrons. The Morgan fingerprint density at radius 2 is 1.95 bits per heavy atom. The number of rotatable bonds is 9. The van der Waals surface area contributed by atoms with Crippen LogP contribution in [-0.4, -0.2) is 55.0 Å². The highest BCUT2D eigenvalue weighted by Crippen LogP contribution is 2.31. The predicted molar refractivity (Wildman–Crippen MR) is 129 cm³/mol. The molecule has 0 bridgehead atoms. The smallest absolute Gasteiger partial charge is 0.481 e. The van der Waals surface area contributed by atoms with Crippen molar-refractivity contribution in [2.45, 2.75) is 38.9 Å². The number of aliphatic hydroxyl groups is 1. The summed E-state index contributed by atoms with van der Waals surface area (Å²) in [5.74, 6) is -0.350. The topological polar surface area (TPSA) is 123 Å². The molecule has 3 heterocycles. The van der Waals surface area contributed by atoms with Gasteiger partial charge in [-0.1, -0.05) is 25.1 Å². The van der Waals surface area contributed by atoms with Crippen molar-refractivity contribution in [3.8, 4) is 11.9 Å². The summed E-state index contributed by atoms with van der Waals surface area (Å²) in [6.45, 7) is 1.30. The van der Waals surface area contributed by atoms with Crippen molar-refractivity contribution in [2.75, 3.05) is 13.7 Å². The van der Waals surface area contributed by atoms with Gasteiger partial charge in [0.25, 0.3) is 5.56 Å². The van der Waals surface area contributed by atoms with Crippen LogP contribution in [-0.2, 0) is 24.9 Å². The first-order chi connectivity index (χ1) is 18.0. The number of aryl methyl sites for hydroxylation is 1. The maximum atomic E-state index is 13.4. The van der Waals surface area contributed by atoms with Crippen molar-refractivity contribution in [1.82, 2.24) is 23.7 Å². The van der Waals surface area contributed by atoms with Crippen LogP contribution in [0.2, 0.25) is 0 Å². The van der Waals surface area contributed by atoms with Gasteiger partial charge in [-0.05, 0) is 18.1 Å². The molecule has 0 saturated carbocycles. The van der Waals surface area contributed by atoms with Crippen LogP contribution in [0.4, 0.5) is 13.2 Å². The lowest BCUT2D eigenvalue weighted by Crippen LogP contribution is -2.39. The average Bonchev–Trinajstić information content (AvgIpc) is 3.22. The summed E-state index contributed by atoms with van der Waals surface area (Å²) < 4.78 is 57.5. The van der Waals surface area contributed by atoms with Crippen LogP contribution >= 0.6 is 0 Å². The number of imidazole rings is 1. The zero-order valence-corrected chi connectivity index (χ0v) is 20.8. The van der Waals surface area contributed by atoms with Crippen LogP contribution in [0, 0.1) is 5.92 Å². The van der Waals surface area contributed by atoms with E-state index in [1.807, 2.05) is 0 Å². The highest BCUT2D eigenvalue weighted by atomic mass is 19.4. The predicted octanol–water partition coefficient (Wildman–Crippen LogP) is 2.10. The van der Waals surface area contributed by atoms with Gasteiger partial charge in [0.1, 0.15) is 5.76 Å². The molecule has 3 aromatic heterocycles. The minimum Gasteiger partial charge on any atom is -0.481 e. The standard InChI is InChI=1S/C24H26F3N5O6/c1-14-16(6-4-7-17(14)38-24(25,26)27)37-22-29-20-19(21(34)31(10-5-11-33)23(35)30(20)2)32(22)13-15-8-9-18(36-3)28-12-15/h4,6-9,12,14,17,33H,5,10-11,13H2,1-3H3. The second-order valence-corrected chi connectivity index (χ2v) is 8.61. The summed E-state index contributed by atoms with van der Waals surface area (Å²) in [5, 5.41) is 9.22. The molecule has 0 aliphatic heterocycles. The van der Waals surface area contributed by atoms with E-state index in [0.717, 1.165) is 4.57 Å². The minimum atomic E-state index is -4.85. The zero-order chi connectivity index (χ0) is 27.6. The van der Waals surface area contributed by atoms with Crippen LogP contribution in [0.5, 0.6) is 11.9 Å². The molecule has 4 rings (SSSR count). The summed E-state index contributed by atoms with van der Waals surface area (Å²) in [7, 11) is 2.91. The van der Waals surface area contributed by atoms with E-state index >= 15 is 0 Å². The molecule has 0 aromatic carbocycles. The highest BCUT2D eigenvalue weighted by Gasteiger charge is 2.37. The summed E-state index contributed by atoms with van der Waals surface area (Å²) in [4.78, 5) is 34.9. The van der Waals surface area contributed by atoms with Gasteiger partial charge >= 0.3 is 18.1 Å². The normalized spacial score (nSPS) is 17.6. The fraction of sp³-hybridized carbons (Fsp3) is 0.417. The Morgan fingerprint density at radius 1 is 1.18 bits per heavy atom. The number of alkyl halides is 3. The number of pyridine rings is 1. The maximum absolute atomic E-state index is 13.4. The Morgan fingerprint density at radius 3 is 2.58 bits per heavy atom. The van der Waals surface area contributed by atoms with Crippen LogP contribution in [0.25, 0.3) is 11.2 Å². The number of halogens is 3. The molecule has 2 atom stereocenters. The van der Waals surface area contributed by atoms with Crippen LogP contribution in [0.3, 0.4) is 0 Å². The first-order valence-corrected chi connectivity index (χ1v) is 11.6. The molecule has 1 aliphatic rings. The third kappa shape index (κ3) is 5.50. The Bertz CT molecular complexity index is 1490. The monoisotopic (exact) mass is 537 g/mol. The molecular formula is C24H26F3N5O6. The molecule has 1 N–H and O–H groups in total. The molecule has 2 unspecified atom stereocenters. The second-order valence-electron chi connectivity index (χ2n) is 8.61. The highest BCUT2D eigenvalue weighted by molar-refractivity contribution is 5.72. The van der Waals surface area contributed by atoms with Crippen molar-refractivity contribution in [3.05, 3.63) is 68.7 Å².